The Balaban J connectivity index is 0.000000465. The summed E-state index contributed by atoms with van der Waals surface area (Å²) in [5.41, 5.74) is 2.53. The van der Waals surface area contributed by atoms with Crippen LogP contribution in [-0.2, 0) is 12.8 Å². The van der Waals surface area contributed by atoms with Gasteiger partial charge in [0.1, 0.15) is 17.3 Å². The van der Waals surface area contributed by atoms with E-state index in [-0.39, 0.29) is 21.3 Å². The highest BCUT2D eigenvalue weighted by molar-refractivity contribution is 8.33. The quantitative estimate of drug-likeness (QED) is 0.0616. The van der Waals surface area contributed by atoms with Crippen LogP contribution in [0.2, 0.25) is 0 Å². The molecule has 10 nitrogen and oxygen atoms in total. The fraction of sp³-hybridized carbons (Fsp3) is 0.500. The van der Waals surface area contributed by atoms with Gasteiger partial charge in [-0.25, -0.2) is 15.0 Å². The minimum absolute atomic E-state index is 0.0286. The van der Waals surface area contributed by atoms with E-state index in [2.05, 4.69) is 72.8 Å². The standard InChI is InChI=1S/C35H40N4O6.C7H18S.C6H12/c1-39(19-16-27-22-37-35(45-27)34(43)25-8-3-2-4-9-25)18-6-20-44-26-10-5-7-24(21-26)15-17-36-23-31(41)28-11-13-30(40)33-29(28)12-14-32(42)38-33;1-7(2,3)8(4,5)6;1-2-4-6-5-3-1/h2-5,7-14,21-22,31,34,36,40-41,43H,6,15-20,23H2,1H3,(H,38,42);1-6H3;1-6H2. The van der Waals surface area contributed by atoms with Gasteiger partial charge in [0.2, 0.25) is 11.4 Å². The van der Waals surface area contributed by atoms with Crippen molar-refractivity contribution in [3.05, 3.63) is 124 Å². The number of likely N-dealkylation sites (N-methyl/N-ethyl adjacent to an activating group) is 1. The number of H-pyrrole nitrogens is 1. The van der Waals surface area contributed by atoms with Gasteiger partial charge in [0.25, 0.3) is 0 Å². The zero-order valence-corrected chi connectivity index (χ0v) is 37.3. The highest BCUT2D eigenvalue weighted by Crippen LogP contribution is 2.48. The van der Waals surface area contributed by atoms with Crippen molar-refractivity contribution in [1.29, 1.82) is 0 Å². The molecule has 5 N–H and O–H groups in total. The van der Waals surface area contributed by atoms with E-state index < -0.39 is 12.2 Å². The summed E-state index contributed by atoms with van der Waals surface area (Å²) in [5.74, 6) is 1.85. The summed E-state index contributed by atoms with van der Waals surface area (Å²) >= 11 is 0. The number of aliphatic hydroxyl groups is 2. The third-order valence-corrected chi connectivity index (χ3v) is 14.7. The van der Waals surface area contributed by atoms with Gasteiger partial charge in [0.05, 0.1) is 24.4 Å². The van der Waals surface area contributed by atoms with E-state index in [4.69, 9.17) is 9.15 Å². The normalized spacial score (nSPS) is 14.5. The van der Waals surface area contributed by atoms with Crippen LogP contribution in [0.15, 0.2) is 94.3 Å². The molecule has 324 valence electrons. The number of nitrogens with zero attached hydrogens (tertiary/aromatic N) is 2. The number of pyridine rings is 1. The van der Waals surface area contributed by atoms with Crippen LogP contribution in [0.25, 0.3) is 10.9 Å². The molecule has 1 saturated carbocycles. The minimum Gasteiger partial charge on any atom is -0.506 e. The van der Waals surface area contributed by atoms with Crippen molar-refractivity contribution in [3.63, 3.8) is 0 Å². The Morgan fingerprint density at radius 1 is 0.898 bits per heavy atom. The largest absolute Gasteiger partial charge is 0.506 e. The number of ether oxygens (including phenoxy) is 1. The first-order chi connectivity index (χ1) is 28.1. The fourth-order valence-electron chi connectivity index (χ4n) is 6.26. The fourth-order valence-corrected chi connectivity index (χ4v) is 6.26. The number of aromatic nitrogens is 2. The highest BCUT2D eigenvalue weighted by Gasteiger charge is 2.22. The molecule has 5 aromatic rings. The number of hydrogen-bond acceptors (Lipinski definition) is 9. The Hall–Kier alpha value is -4.13. The van der Waals surface area contributed by atoms with Crippen molar-refractivity contribution in [2.24, 2.45) is 0 Å². The zero-order valence-electron chi connectivity index (χ0n) is 36.5. The number of benzene rings is 3. The van der Waals surface area contributed by atoms with E-state index in [9.17, 15) is 20.1 Å². The molecule has 1 aliphatic rings. The van der Waals surface area contributed by atoms with Crippen molar-refractivity contribution in [2.75, 3.05) is 58.6 Å². The molecular formula is C48H70N4O6S. The Labute approximate surface area is 353 Å². The lowest BCUT2D eigenvalue weighted by Gasteiger charge is -2.40. The van der Waals surface area contributed by atoms with Crippen molar-refractivity contribution in [3.8, 4) is 11.5 Å². The Bertz CT molecular complexity index is 1990. The number of rotatable bonds is 16. The molecule has 0 saturated heterocycles. The second-order valence-corrected chi connectivity index (χ2v) is 22.1. The molecule has 2 heterocycles. The molecule has 2 unspecified atom stereocenters. The molecule has 11 heteroatoms. The molecule has 0 bridgehead atoms. The van der Waals surface area contributed by atoms with E-state index in [1.807, 2.05) is 48.5 Å². The summed E-state index contributed by atoms with van der Waals surface area (Å²) in [6.45, 7) is 10.2. The van der Waals surface area contributed by atoms with Gasteiger partial charge < -0.3 is 39.7 Å². The van der Waals surface area contributed by atoms with Crippen molar-refractivity contribution in [2.45, 2.75) is 95.5 Å². The van der Waals surface area contributed by atoms with Crippen LogP contribution in [0.3, 0.4) is 0 Å². The molecule has 0 radical (unpaired) electrons. The zero-order chi connectivity index (χ0) is 42.8. The second-order valence-electron chi connectivity index (χ2n) is 17.2. The van der Waals surface area contributed by atoms with Gasteiger partial charge in [-0.3, -0.25) is 4.79 Å². The third kappa shape index (κ3) is 16.1. The van der Waals surface area contributed by atoms with Crippen LogP contribution < -0.4 is 15.6 Å². The van der Waals surface area contributed by atoms with E-state index in [1.54, 1.807) is 18.3 Å². The van der Waals surface area contributed by atoms with Gasteiger partial charge in [-0.1, -0.05) is 108 Å². The number of phenols is 1. The number of aromatic hydroxyl groups is 1. The number of oxazole rings is 1. The van der Waals surface area contributed by atoms with Crippen LogP contribution in [-0.4, -0.2) is 93.5 Å². The highest BCUT2D eigenvalue weighted by atomic mass is 32.3. The van der Waals surface area contributed by atoms with Crippen LogP contribution in [0.5, 0.6) is 11.5 Å². The molecule has 1 fully saturated rings. The van der Waals surface area contributed by atoms with E-state index in [0.717, 1.165) is 48.6 Å². The number of fused-ring (bicyclic) bond motifs is 1. The lowest BCUT2D eigenvalue weighted by atomic mass is 10.0. The van der Waals surface area contributed by atoms with Gasteiger partial charge >= 0.3 is 0 Å². The van der Waals surface area contributed by atoms with Crippen LogP contribution in [0.4, 0.5) is 0 Å². The molecule has 0 spiro atoms. The average Bonchev–Trinajstić information content (AvgIpc) is 3.70. The Morgan fingerprint density at radius 3 is 2.24 bits per heavy atom. The predicted octanol–water partition coefficient (Wildman–Crippen LogP) is 8.93. The van der Waals surface area contributed by atoms with E-state index >= 15 is 0 Å². The number of hydrogen-bond donors (Lipinski definition) is 5. The summed E-state index contributed by atoms with van der Waals surface area (Å²) < 4.78 is 12.3. The van der Waals surface area contributed by atoms with E-state index in [1.165, 1.54) is 50.7 Å². The number of aromatic amines is 1. The first-order valence-electron chi connectivity index (χ1n) is 21.1. The Morgan fingerprint density at radius 2 is 1.58 bits per heavy atom. The molecular weight excluding hydrogens is 761 g/mol. The summed E-state index contributed by atoms with van der Waals surface area (Å²) in [6.07, 6.45) is 18.4. The maximum atomic E-state index is 11.6. The maximum Gasteiger partial charge on any atom is 0.248 e. The molecule has 1 aliphatic carbocycles. The smallest absolute Gasteiger partial charge is 0.248 e. The van der Waals surface area contributed by atoms with Gasteiger partial charge in [0.15, 0.2) is 6.10 Å². The minimum atomic E-state index is -0.870. The molecule has 2 atom stereocenters. The summed E-state index contributed by atoms with van der Waals surface area (Å²) in [4.78, 5) is 20.7. The van der Waals surface area contributed by atoms with Crippen molar-refractivity contribution >= 4 is 20.9 Å². The van der Waals surface area contributed by atoms with Crippen molar-refractivity contribution < 1.29 is 24.5 Å². The van der Waals surface area contributed by atoms with E-state index in [0.29, 0.717) is 53.2 Å². The Kier molecular flexibility index (Phi) is 19.0. The molecule has 59 heavy (non-hydrogen) atoms. The number of aliphatic hydroxyl groups excluding tert-OH is 2. The predicted molar refractivity (Wildman–Crippen MR) is 245 cm³/mol. The molecule has 3 aromatic carbocycles. The van der Waals surface area contributed by atoms with Crippen LogP contribution in [0.1, 0.15) is 106 Å². The first kappa shape index (κ1) is 47.5. The second kappa shape index (κ2) is 23.6. The monoisotopic (exact) mass is 831 g/mol. The SMILES string of the molecule is C1CCCCC1.CC(C)(C)S(C)(C)C.CN(CCCOc1cccc(CCNCC(O)c2ccc(O)c3[nH]c(=O)ccc23)c1)CCc1cnc(C(O)c2ccccc2)o1. The van der Waals surface area contributed by atoms with Crippen LogP contribution >= 0.6 is 10.0 Å². The molecule has 6 rings (SSSR count). The van der Waals surface area contributed by atoms with Gasteiger partial charge in [-0.2, -0.15) is 0 Å². The first-order valence-corrected chi connectivity index (χ1v) is 24.0. The molecule has 2 aromatic heterocycles. The molecule has 0 aliphatic heterocycles. The number of nitrogens with one attached hydrogen (secondary N) is 2. The summed E-state index contributed by atoms with van der Waals surface area (Å²) in [5, 5.41) is 35.2. The van der Waals surface area contributed by atoms with Crippen LogP contribution in [0, 0.1) is 0 Å². The topological polar surface area (TPSA) is 144 Å². The maximum absolute atomic E-state index is 11.6. The lowest BCUT2D eigenvalue weighted by molar-refractivity contribution is 0.176. The summed E-state index contributed by atoms with van der Waals surface area (Å²) in [6, 6.07) is 23.5. The lowest BCUT2D eigenvalue weighted by Crippen LogP contribution is -2.24. The average molecular weight is 831 g/mol. The van der Waals surface area contributed by atoms with Gasteiger partial charge in [-0.05, 0) is 90.9 Å². The summed E-state index contributed by atoms with van der Waals surface area (Å²) in [7, 11) is 1.72. The van der Waals surface area contributed by atoms with Gasteiger partial charge in [-0.15, -0.1) is 0 Å². The third-order valence-electron chi connectivity index (χ3n) is 11.0. The van der Waals surface area contributed by atoms with Crippen molar-refractivity contribution in [1.82, 2.24) is 20.2 Å². The van der Waals surface area contributed by atoms with Gasteiger partial charge in [0, 0.05) is 37.5 Å². The number of phenolic OH excluding ortho intramolecular Hbond substituents is 1. The molecule has 0 amide bonds.